The van der Waals surface area contributed by atoms with Gasteiger partial charge in [0.2, 0.25) is 0 Å². The number of nitrogens with zero attached hydrogens (tertiary/aromatic N) is 2. The average molecular weight is 390 g/mol. The van der Waals surface area contributed by atoms with E-state index in [4.69, 9.17) is 23.2 Å². The van der Waals surface area contributed by atoms with Crippen molar-refractivity contribution in [2.45, 2.75) is 12.5 Å². The number of benzene rings is 2. The van der Waals surface area contributed by atoms with Crippen molar-refractivity contribution in [3.8, 4) is 0 Å². The standard InChI is InChI=1S/C19H17Cl2N3O2/c1-23-9-14(13-6-11(20)7-16(21)15(13)10-23)12-4-2-3-5-17(12)24-18(25)8-22-19(24)26/h2-7,14H,8-10H2,1H3,(H,22,26)/t14-/m0/s1. The predicted octanol–water partition coefficient (Wildman–Crippen LogP) is 3.63. The van der Waals surface area contributed by atoms with Crippen LogP contribution in [0.25, 0.3) is 0 Å². The molecule has 2 aliphatic heterocycles. The minimum absolute atomic E-state index is 0.0198. The number of urea groups is 1. The van der Waals surface area contributed by atoms with E-state index < -0.39 is 6.03 Å². The van der Waals surface area contributed by atoms with Crippen LogP contribution in [0.2, 0.25) is 10.0 Å². The molecule has 7 heteroatoms. The number of carbonyl (C=O) groups is 2. The maximum atomic E-state index is 12.2. The molecule has 1 fully saturated rings. The molecule has 0 aliphatic carbocycles. The van der Waals surface area contributed by atoms with Gasteiger partial charge in [0, 0.05) is 29.1 Å². The third-order valence-corrected chi connectivity index (χ3v) is 5.44. The van der Waals surface area contributed by atoms with Crippen molar-refractivity contribution in [2.24, 2.45) is 0 Å². The number of nitrogens with one attached hydrogen (secondary N) is 1. The Morgan fingerprint density at radius 1 is 1.12 bits per heavy atom. The van der Waals surface area contributed by atoms with Crippen molar-refractivity contribution in [3.05, 3.63) is 63.1 Å². The molecule has 0 radical (unpaired) electrons. The van der Waals surface area contributed by atoms with Crippen LogP contribution in [0, 0.1) is 0 Å². The molecule has 2 aromatic rings. The topological polar surface area (TPSA) is 52.6 Å². The van der Waals surface area contributed by atoms with E-state index in [1.165, 1.54) is 4.90 Å². The lowest BCUT2D eigenvalue weighted by molar-refractivity contribution is -0.115. The minimum Gasteiger partial charge on any atom is -0.328 e. The normalized spacial score (nSPS) is 20.3. The summed E-state index contributed by atoms with van der Waals surface area (Å²) in [4.78, 5) is 27.8. The fraction of sp³-hybridized carbons (Fsp3) is 0.263. The lowest BCUT2D eigenvalue weighted by Gasteiger charge is -2.34. The van der Waals surface area contributed by atoms with Crippen LogP contribution in [0.15, 0.2) is 36.4 Å². The molecule has 2 heterocycles. The lowest BCUT2D eigenvalue weighted by Crippen LogP contribution is -2.35. The number of hydrogen-bond acceptors (Lipinski definition) is 3. The molecule has 2 aromatic carbocycles. The second-order valence-electron chi connectivity index (χ2n) is 6.65. The minimum atomic E-state index is -0.393. The Labute approximate surface area is 161 Å². The Balaban J connectivity index is 1.88. The number of amides is 3. The molecule has 5 nitrogen and oxygen atoms in total. The molecule has 0 bridgehead atoms. The van der Waals surface area contributed by atoms with Gasteiger partial charge in [-0.2, -0.15) is 0 Å². The molecule has 1 atom stereocenters. The quantitative estimate of drug-likeness (QED) is 0.797. The van der Waals surface area contributed by atoms with Gasteiger partial charge in [-0.3, -0.25) is 4.79 Å². The van der Waals surface area contributed by atoms with E-state index >= 15 is 0 Å². The average Bonchev–Trinajstić information content (AvgIpc) is 2.93. The van der Waals surface area contributed by atoms with Crippen LogP contribution in [0.5, 0.6) is 0 Å². The Bertz CT molecular complexity index is 900. The molecule has 0 unspecified atom stereocenters. The first-order valence-electron chi connectivity index (χ1n) is 8.32. The van der Waals surface area contributed by atoms with Crippen LogP contribution in [-0.4, -0.2) is 37.0 Å². The smallest absolute Gasteiger partial charge is 0.328 e. The predicted molar refractivity (Wildman–Crippen MR) is 102 cm³/mol. The van der Waals surface area contributed by atoms with Crippen LogP contribution in [0.3, 0.4) is 0 Å². The summed E-state index contributed by atoms with van der Waals surface area (Å²) in [5.41, 5.74) is 3.58. The molecule has 0 spiro atoms. The van der Waals surface area contributed by atoms with Crippen LogP contribution in [-0.2, 0) is 11.3 Å². The zero-order valence-electron chi connectivity index (χ0n) is 14.1. The van der Waals surface area contributed by atoms with E-state index in [2.05, 4.69) is 10.2 Å². The van der Waals surface area contributed by atoms with Crippen molar-refractivity contribution in [1.29, 1.82) is 0 Å². The molecule has 3 amide bonds. The molecule has 2 aliphatic rings. The Morgan fingerprint density at radius 2 is 1.88 bits per heavy atom. The highest BCUT2D eigenvalue weighted by molar-refractivity contribution is 6.35. The van der Waals surface area contributed by atoms with Crippen LogP contribution >= 0.6 is 23.2 Å². The second kappa shape index (κ2) is 6.58. The van der Waals surface area contributed by atoms with Crippen molar-refractivity contribution < 1.29 is 9.59 Å². The van der Waals surface area contributed by atoms with Crippen molar-refractivity contribution in [1.82, 2.24) is 10.2 Å². The van der Waals surface area contributed by atoms with Gasteiger partial charge in [-0.15, -0.1) is 0 Å². The van der Waals surface area contributed by atoms with E-state index in [9.17, 15) is 9.59 Å². The highest BCUT2D eigenvalue weighted by atomic mass is 35.5. The van der Waals surface area contributed by atoms with Crippen molar-refractivity contribution in [3.63, 3.8) is 0 Å². The van der Waals surface area contributed by atoms with E-state index in [-0.39, 0.29) is 18.4 Å². The van der Waals surface area contributed by atoms with E-state index in [1.54, 1.807) is 12.1 Å². The molecule has 1 saturated heterocycles. The van der Waals surface area contributed by atoms with Gasteiger partial charge >= 0.3 is 6.03 Å². The summed E-state index contributed by atoms with van der Waals surface area (Å²) in [5.74, 6) is -0.298. The Hall–Kier alpha value is -2.08. The zero-order valence-corrected chi connectivity index (χ0v) is 15.6. The number of halogens is 2. The monoisotopic (exact) mass is 389 g/mol. The van der Waals surface area contributed by atoms with Gasteiger partial charge in [0.25, 0.3) is 5.91 Å². The maximum Gasteiger partial charge on any atom is 0.329 e. The lowest BCUT2D eigenvalue weighted by atomic mass is 9.83. The molecule has 1 N–H and O–H groups in total. The van der Waals surface area contributed by atoms with Gasteiger partial charge in [0.1, 0.15) is 0 Å². The second-order valence-corrected chi connectivity index (χ2v) is 7.50. The molecule has 4 rings (SSSR count). The molecule has 0 aromatic heterocycles. The molecule has 134 valence electrons. The highest BCUT2D eigenvalue weighted by Gasteiger charge is 2.35. The van der Waals surface area contributed by atoms with Gasteiger partial charge < -0.3 is 10.2 Å². The highest BCUT2D eigenvalue weighted by Crippen LogP contribution is 2.41. The van der Waals surface area contributed by atoms with Crippen LogP contribution < -0.4 is 10.2 Å². The number of para-hydroxylation sites is 1. The first kappa shape index (κ1) is 17.3. The molecule has 26 heavy (non-hydrogen) atoms. The number of imide groups is 1. The fourth-order valence-corrected chi connectivity index (χ4v) is 4.33. The van der Waals surface area contributed by atoms with Gasteiger partial charge in [-0.1, -0.05) is 41.4 Å². The fourth-order valence-electron chi connectivity index (χ4n) is 3.76. The summed E-state index contributed by atoms with van der Waals surface area (Å²) in [6.45, 7) is 1.49. The summed E-state index contributed by atoms with van der Waals surface area (Å²) in [6, 6.07) is 10.8. The van der Waals surface area contributed by atoms with Gasteiger partial charge in [0.15, 0.2) is 0 Å². The Morgan fingerprint density at radius 3 is 2.62 bits per heavy atom. The SMILES string of the molecule is CN1Cc2c(Cl)cc(Cl)cc2[C@H](c2ccccc2N2C(=O)CNC2=O)C1. The van der Waals surface area contributed by atoms with Crippen LogP contribution in [0.1, 0.15) is 22.6 Å². The molecular weight excluding hydrogens is 373 g/mol. The van der Waals surface area contributed by atoms with Crippen molar-refractivity contribution in [2.75, 3.05) is 25.0 Å². The van der Waals surface area contributed by atoms with E-state index in [0.717, 1.165) is 29.8 Å². The summed E-state index contributed by atoms with van der Waals surface area (Å²) >= 11 is 12.7. The Kier molecular flexibility index (Phi) is 4.39. The number of likely N-dealkylation sites (N-methyl/N-ethyl adjacent to an activating group) is 1. The van der Waals surface area contributed by atoms with Crippen molar-refractivity contribution >= 4 is 40.8 Å². The van der Waals surface area contributed by atoms with Gasteiger partial charge in [0.05, 0.1) is 12.2 Å². The first-order valence-corrected chi connectivity index (χ1v) is 9.07. The number of rotatable bonds is 2. The number of hydrogen-bond donors (Lipinski definition) is 1. The summed E-state index contributed by atoms with van der Waals surface area (Å²) in [6.07, 6.45) is 0. The van der Waals surface area contributed by atoms with Crippen LogP contribution in [0.4, 0.5) is 10.5 Å². The van der Waals surface area contributed by atoms with Gasteiger partial charge in [-0.25, -0.2) is 9.69 Å². The third-order valence-electron chi connectivity index (χ3n) is 4.89. The molecular formula is C19H17Cl2N3O2. The summed E-state index contributed by atoms with van der Waals surface area (Å²) in [5, 5.41) is 3.79. The number of carbonyl (C=O) groups excluding carboxylic acids is 2. The van der Waals surface area contributed by atoms with Gasteiger partial charge in [-0.05, 0) is 41.9 Å². The number of fused-ring (bicyclic) bond motifs is 1. The molecule has 0 saturated carbocycles. The number of anilines is 1. The van der Waals surface area contributed by atoms with E-state index in [0.29, 0.717) is 15.7 Å². The summed E-state index contributed by atoms with van der Waals surface area (Å²) < 4.78 is 0. The first-order chi connectivity index (χ1) is 12.5. The zero-order chi connectivity index (χ0) is 18.4. The summed E-state index contributed by atoms with van der Waals surface area (Å²) in [7, 11) is 2.03. The largest absolute Gasteiger partial charge is 0.329 e. The maximum absolute atomic E-state index is 12.2. The van der Waals surface area contributed by atoms with E-state index in [1.807, 2.05) is 31.3 Å². The third kappa shape index (κ3) is 2.86.